The number of halogens is 3. The molecule has 2 heterocycles. The first-order valence-electron chi connectivity index (χ1n) is 11.0. The summed E-state index contributed by atoms with van der Waals surface area (Å²) >= 11 is 1.45. The van der Waals surface area contributed by atoms with Crippen molar-refractivity contribution < 1.29 is 18.0 Å². The number of carbonyl (C=O) groups excluding carboxylic acids is 1. The topological polar surface area (TPSA) is 45.2 Å². The van der Waals surface area contributed by atoms with Gasteiger partial charge in [0.25, 0.3) is 5.91 Å². The van der Waals surface area contributed by atoms with Crippen LogP contribution in [0.25, 0.3) is 11.1 Å². The molecule has 1 amide bonds. The van der Waals surface area contributed by atoms with Gasteiger partial charge in [-0.05, 0) is 50.6 Å². The van der Waals surface area contributed by atoms with E-state index < -0.39 is 12.6 Å². The second-order valence-electron chi connectivity index (χ2n) is 8.42. The standard InChI is InChI=1S/C25H26F3N3OS/c1-17-7-8-21(20(15-17)18-5-3-2-4-6-18)29-23(32)22-16-33-24(30-22)19-9-12-31(13-10-19)14-11-25(26,27)28/h2-8,15-16,19H,9-14H2,1H3,(H,29,32). The van der Waals surface area contributed by atoms with Crippen molar-refractivity contribution in [2.45, 2.75) is 38.3 Å². The fourth-order valence-corrected chi connectivity index (χ4v) is 5.05. The molecule has 0 unspecified atom stereocenters. The highest BCUT2D eigenvalue weighted by Crippen LogP contribution is 2.32. The molecule has 2 aromatic carbocycles. The van der Waals surface area contributed by atoms with Crippen molar-refractivity contribution in [2.75, 3.05) is 25.0 Å². The number of carbonyl (C=O) groups is 1. The summed E-state index contributed by atoms with van der Waals surface area (Å²) in [6.45, 7) is 3.29. The van der Waals surface area contributed by atoms with Gasteiger partial charge in [-0.15, -0.1) is 11.3 Å². The van der Waals surface area contributed by atoms with Gasteiger partial charge < -0.3 is 10.2 Å². The van der Waals surface area contributed by atoms with Crippen molar-refractivity contribution in [2.24, 2.45) is 0 Å². The van der Waals surface area contributed by atoms with Crippen LogP contribution in [0.15, 0.2) is 53.9 Å². The third-order valence-corrected chi connectivity index (χ3v) is 6.92. The molecule has 1 saturated heterocycles. The minimum Gasteiger partial charge on any atom is -0.320 e. The van der Waals surface area contributed by atoms with Crippen molar-refractivity contribution in [1.29, 1.82) is 0 Å². The highest BCUT2D eigenvalue weighted by Gasteiger charge is 2.30. The average Bonchev–Trinajstić information content (AvgIpc) is 3.30. The fourth-order valence-electron chi connectivity index (χ4n) is 4.08. The van der Waals surface area contributed by atoms with Crippen LogP contribution >= 0.6 is 11.3 Å². The quantitative estimate of drug-likeness (QED) is 0.444. The van der Waals surface area contributed by atoms with E-state index in [-0.39, 0.29) is 18.4 Å². The number of benzene rings is 2. The van der Waals surface area contributed by atoms with Gasteiger partial charge in [-0.25, -0.2) is 4.98 Å². The summed E-state index contributed by atoms with van der Waals surface area (Å²) in [7, 11) is 0. The van der Waals surface area contributed by atoms with Gasteiger partial charge in [0.1, 0.15) is 5.69 Å². The predicted molar refractivity (Wildman–Crippen MR) is 126 cm³/mol. The highest BCUT2D eigenvalue weighted by atomic mass is 32.1. The van der Waals surface area contributed by atoms with E-state index in [4.69, 9.17) is 0 Å². The summed E-state index contributed by atoms with van der Waals surface area (Å²) in [5.74, 6) is -0.0842. The second-order valence-corrected chi connectivity index (χ2v) is 9.31. The molecule has 1 N–H and O–H groups in total. The van der Waals surface area contributed by atoms with Crippen LogP contribution in [0.3, 0.4) is 0 Å². The lowest BCUT2D eigenvalue weighted by molar-refractivity contribution is -0.138. The molecule has 1 fully saturated rings. The number of aromatic nitrogens is 1. The van der Waals surface area contributed by atoms with E-state index in [9.17, 15) is 18.0 Å². The summed E-state index contributed by atoms with van der Waals surface area (Å²) in [6.07, 6.45) is -3.39. The van der Waals surface area contributed by atoms with Crippen LogP contribution in [-0.4, -0.2) is 41.6 Å². The molecule has 0 saturated carbocycles. The number of thiazole rings is 1. The van der Waals surface area contributed by atoms with Gasteiger partial charge in [-0.2, -0.15) is 13.2 Å². The van der Waals surface area contributed by atoms with Gasteiger partial charge in [0.2, 0.25) is 0 Å². The number of likely N-dealkylation sites (tertiary alicyclic amines) is 1. The maximum atomic E-state index is 12.9. The molecule has 174 valence electrons. The Hall–Kier alpha value is -2.71. The lowest BCUT2D eigenvalue weighted by Crippen LogP contribution is -2.35. The molecule has 1 aliphatic heterocycles. The van der Waals surface area contributed by atoms with E-state index in [1.54, 1.807) is 5.38 Å². The number of nitrogens with zero attached hydrogens (tertiary/aromatic N) is 2. The normalized spacial score (nSPS) is 15.5. The number of hydrogen-bond acceptors (Lipinski definition) is 4. The lowest BCUT2D eigenvalue weighted by Gasteiger charge is -2.31. The van der Waals surface area contributed by atoms with Gasteiger partial charge in [-0.3, -0.25) is 4.79 Å². The maximum Gasteiger partial charge on any atom is 0.390 e. The number of hydrogen-bond donors (Lipinski definition) is 1. The minimum absolute atomic E-state index is 0.0437. The molecule has 0 bridgehead atoms. The third-order valence-electron chi connectivity index (χ3n) is 5.91. The first kappa shape index (κ1) is 23.4. The molecule has 33 heavy (non-hydrogen) atoms. The first-order valence-corrected chi connectivity index (χ1v) is 11.9. The number of nitrogens with one attached hydrogen (secondary N) is 1. The van der Waals surface area contributed by atoms with E-state index in [1.807, 2.05) is 60.4 Å². The van der Waals surface area contributed by atoms with Crippen LogP contribution in [0.4, 0.5) is 18.9 Å². The number of alkyl halides is 3. The van der Waals surface area contributed by atoms with Crippen molar-refractivity contribution in [1.82, 2.24) is 9.88 Å². The van der Waals surface area contributed by atoms with Gasteiger partial charge in [0, 0.05) is 29.1 Å². The molecular formula is C25H26F3N3OS. The Balaban J connectivity index is 1.40. The molecular weight excluding hydrogens is 447 g/mol. The summed E-state index contributed by atoms with van der Waals surface area (Å²) in [6, 6.07) is 15.8. The molecule has 0 aliphatic carbocycles. The molecule has 0 spiro atoms. The molecule has 3 aromatic rings. The molecule has 0 radical (unpaired) electrons. The van der Waals surface area contributed by atoms with Crippen molar-refractivity contribution in [3.8, 4) is 11.1 Å². The van der Waals surface area contributed by atoms with E-state index in [2.05, 4.69) is 10.3 Å². The number of anilines is 1. The van der Waals surface area contributed by atoms with Crippen molar-refractivity contribution in [3.05, 3.63) is 70.2 Å². The number of rotatable bonds is 6. The fraction of sp³-hybridized carbons (Fsp3) is 0.360. The Morgan fingerprint density at radius 2 is 1.88 bits per heavy atom. The van der Waals surface area contributed by atoms with Crippen LogP contribution in [-0.2, 0) is 0 Å². The van der Waals surface area contributed by atoms with Crippen LogP contribution in [0, 0.1) is 6.92 Å². The van der Waals surface area contributed by atoms with Crippen LogP contribution < -0.4 is 5.32 Å². The molecule has 8 heteroatoms. The number of amides is 1. The SMILES string of the molecule is Cc1ccc(NC(=O)c2csc(C3CCN(CCC(F)(F)F)CC3)n2)c(-c2ccccc2)c1. The zero-order valence-corrected chi connectivity index (χ0v) is 19.2. The smallest absolute Gasteiger partial charge is 0.320 e. The summed E-state index contributed by atoms with van der Waals surface area (Å²) in [5.41, 5.74) is 4.17. The third kappa shape index (κ3) is 6.21. The Morgan fingerprint density at radius 3 is 2.58 bits per heavy atom. The predicted octanol–water partition coefficient (Wildman–Crippen LogP) is 6.50. The largest absolute Gasteiger partial charge is 0.390 e. The Kier molecular flexibility index (Phi) is 7.14. The number of aryl methyl sites for hydroxylation is 1. The zero-order valence-electron chi connectivity index (χ0n) is 18.4. The Morgan fingerprint density at radius 1 is 1.15 bits per heavy atom. The maximum absolute atomic E-state index is 12.9. The zero-order chi connectivity index (χ0) is 23.4. The molecule has 4 rings (SSSR count). The molecule has 1 aromatic heterocycles. The molecule has 1 aliphatic rings. The highest BCUT2D eigenvalue weighted by molar-refractivity contribution is 7.10. The second kappa shape index (κ2) is 10.1. The Bertz CT molecular complexity index is 1090. The van der Waals surface area contributed by atoms with Gasteiger partial charge >= 0.3 is 6.18 Å². The summed E-state index contributed by atoms with van der Waals surface area (Å²) in [4.78, 5) is 19.4. The van der Waals surface area contributed by atoms with Crippen LogP contribution in [0.5, 0.6) is 0 Å². The first-order chi connectivity index (χ1) is 15.8. The molecule has 0 atom stereocenters. The minimum atomic E-state index is -4.12. The Labute approximate surface area is 195 Å². The van der Waals surface area contributed by atoms with Crippen LogP contribution in [0.1, 0.15) is 46.2 Å². The van der Waals surface area contributed by atoms with Crippen molar-refractivity contribution >= 4 is 22.9 Å². The van der Waals surface area contributed by atoms with Gasteiger partial charge in [0.05, 0.1) is 11.4 Å². The average molecular weight is 474 g/mol. The monoisotopic (exact) mass is 473 g/mol. The van der Waals surface area contributed by atoms with E-state index >= 15 is 0 Å². The van der Waals surface area contributed by atoms with Gasteiger partial charge in [0.15, 0.2) is 0 Å². The lowest BCUT2D eigenvalue weighted by atomic mass is 9.97. The summed E-state index contributed by atoms with van der Waals surface area (Å²) < 4.78 is 37.4. The van der Waals surface area contributed by atoms with Crippen molar-refractivity contribution in [3.63, 3.8) is 0 Å². The summed E-state index contributed by atoms with van der Waals surface area (Å²) in [5, 5.41) is 5.64. The number of piperidine rings is 1. The van der Waals surface area contributed by atoms with Gasteiger partial charge in [-0.1, -0.05) is 42.0 Å². The van der Waals surface area contributed by atoms with Crippen LogP contribution in [0.2, 0.25) is 0 Å². The van der Waals surface area contributed by atoms with E-state index in [1.165, 1.54) is 11.3 Å². The van der Waals surface area contributed by atoms with E-state index in [0.29, 0.717) is 18.8 Å². The molecule has 4 nitrogen and oxygen atoms in total. The van der Waals surface area contributed by atoms with E-state index in [0.717, 1.165) is 40.2 Å².